The average Bonchev–Trinajstić information content (AvgIpc) is 2.94. The summed E-state index contributed by atoms with van der Waals surface area (Å²) in [7, 11) is 0. The highest BCUT2D eigenvalue weighted by Crippen LogP contribution is 2.39. The van der Waals surface area contributed by atoms with Crippen molar-refractivity contribution in [1.82, 2.24) is 9.88 Å². The van der Waals surface area contributed by atoms with E-state index >= 15 is 0 Å². The topological polar surface area (TPSA) is 53.5 Å². The zero-order chi connectivity index (χ0) is 19.0. The predicted molar refractivity (Wildman–Crippen MR) is 105 cm³/mol. The molecule has 2 aliphatic rings. The molecule has 0 spiro atoms. The van der Waals surface area contributed by atoms with E-state index in [9.17, 15) is 9.59 Å². The zero-order valence-corrected chi connectivity index (χ0v) is 15.9. The number of fused-ring (bicyclic) bond motifs is 1. The highest BCUT2D eigenvalue weighted by molar-refractivity contribution is 6.11. The van der Waals surface area contributed by atoms with Crippen molar-refractivity contribution in [3.8, 4) is 0 Å². The van der Waals surface area contributed by atoms with Crippen LogP contribution in [0.1, 0.15) is 53.8 Å². The maximum Gasteiger partial charge on any atom is 0.260 e. The maximum absolute atomic E-state index is 13.1. The van der Waals surface area contributed by atoms with Gasteiger partial charge in [-0.1, -0.05) is 19.1 Å². The molecule has 140 valence electrons. The number of aryl methyl sites for hydroxylation is 1. The fourth-order valence-electron chi connectivity index (χ4n) is 4.07. The molecule has 0 radical (unpaired) electrons. The van der Waals surface area contributed by atoms with Crippen LogP contribution in [0.5, 0.6) is 0 Å². The smallest absolute Gasteiger partial charge is 0.260 e. The number of amides is 2. The fraction of sp³-hybridized carbons (Fsp3) is 0.409. The highest BCUT2D eigenvalue weighted by atomic mass is 16.2. The van der Waals surface area contributed by atoms with Crippen LogP contribution in [-0.4, -0.2) is 34.8 Å². The third-order valence-corrected chi connectivity index (χ3v) is 5.70. The Bertz CT molecular complexity index is 871. The van der Waals surface area contributed by atoms with Gasteiger partial charge in [0.2, 0.25) is 5.91 Å². The molecule has 1 saturated heterocycles. The van der Waals surface area contributed by atoms with Crippen LogP contribution in [0.4, 0.5) is 5.69 Å². The van der Waals surface area contributed by atoms with Crippen LogP contribution in [0.25, 0.3) is 0 Å². The van der Waals surface area contributed by atoms with Gasteiger partial charge in [0.25, 0.3) is 5.91 Å². The van der Waals surface area contributed by atoms with Crippen LogP contribution in [0.15, 0.2) is 42.6 Å². The van der Waals surface area contributed by atoms with E-state index in [0.717, 1.165) is 37.2 Å². The van der Waals surface area contributed by atoms with E-state index in [-0.39, 0.29) is 24.3 Å². The van der Waals surface area contributed by atoms with Gasteiger partial charge >= 0.3 is 0 Å². The summed E-state index contributed by atoms with van der Waals surface area (Å²) in [5.41, 5.74) is 3.22. The lowest BCUT2D eigenvalue weighted by Crippen LogP contribution is -2.40. The first-order valence-electron chi connectivity index (χ1n) is 9.67. The molecule has 2 amide bonds. The van der Waals surface area contributed by atoms with E-state index in [1.54, 1.807) is 23.2 Å². The molecule has 27 heavy (non-hydrogen) atoms. The second-order valence-corrected chi connectivity index (χ2v) is 7.73. The van der Waals surface area contributed by atoms with Crippen molar-refractivity contribution >= 4 is 17.5 Å². The third-order valence-electron chi connectivity index (χ3n) is 5.70. The van der Waals surface area contributed by atoms with E-state index in [4.69, 9.17) is 0 Å². The van der Waals surface area contributed by atoms with Gasteiger partial charge in [-0.3, -0.25) is 19.5 Å². The number of nitrogens with zero attached hydrogens (tertiary/aromatic N) is 3. The minimum atomic E-state index is -0.345. The van der Waals surface area contributed by atoms with Crippen molar-refractivity contribution < 1.29 is 9.59 Å². The second-order valence-electron chi connectivity index (χ2n) is 7.73. The molecule has 0 bridgehead atoms. The number of hydrogen-bond donors (Lipinski definition) is 0. The van der Waals surface area contributed by atoms with E-state index in [0.29, 0.717) is 17.2 Å². The molecule has 1 aromatic heterocycles. The van der Waals surface area contributed by atoms with Crippen molar-refractivity contribution in [2.45, 2.75) is 39.2 Å². The van der Waals surface area contributed by atoms with Gasteiger partial charge in [0, 0.05) is 25.0 Å². The largest absolute Gasteiger partial charge is 0.343 e. The van der Waals surface area contributed by atoms with Crippen molar-refractivity contribution in [2.75, 3.05) is 18.0 Å². The Balaban J connectivity index is 1.64. The number of carbonyl (C=O) groups is 2. The Labute approximate surface area is 160 Å². The SMILES string of the molecule is Cc1cccc(N2C(=O)c3cccnc3C2CC(=O)N2CCC(C)CC2)c1. The number of carbonyl (C=O) groups excluding carboxylic acids is 2. The van der Waals surface area contributed by atoms with Gasteiger partial charge in [0.05, 0.1) is 23.7 Å². The number of piperidine rings is 1. The summed E-state index contributed by atoms with van der Waals surface area (Å²) in [6.07, 6.45) is 4.07. The summed E-state index contributed by atoms with van der Waals surface area (Å²) in [5.74, 6) is 0.706. The standard InChI is InChI=1S/C22H25N3O2/c1-15-8-11-24(12-9-15)20(26)14-19-21-18(7-4-10-23-21)22(27)25(19)17-6-3-5-16(2)13-17/h3-7,10,13,15,19H,8-9,11-12,14H2,1-2H3. The number of rotatable bonds is 3. The number of pyridine rings is 1. The molecule has 2 aromatic rings. The summed E-state index contributed by atoms with van der Waals surface area (Å²) in [6, 6.07) is 11.1. The molecule has 0 saturated carbocycles. The molecule has 2 aliphatic heterocycles. The summed E-state index contributed by atoms with van der Waals surface area (Å²) in [4.78, 5) is 34.2. The van der Waals surface area contributed by atoms with Crippen LogP contribution in [-0.2, 0) is 4.79 Å². The molecule has 1 fully saturated rings. The van der Waals surface area contributed by atoms with Crippen molar-refractivity contribution in [3.05, 3.63) is 59.4 Å². The number of benzene rings is 1. The first-order chi connectivity index (χ1) is 13.0. The Morgan fingerprint density at radius 1 is 1.19 bits per heavy atom. The number of anilines is 1. The van der Waals surface area contributed by atoms with Crippen LogP contribution in [0.2, 0.25) is 0 Å². The van der Waals surface area contributed by atoms with Crippen molar-refractivity contribution in [3.63, 3.8) is 0 Å². The number of aromatic nitrogens is 1. The van der Waals surface area contributed by atoms with Crippen molar-refractivity contribution in [1.29, 1.82) is 0 Å². The first-order valence-corrected chi connectivity index (χ1v) is 9.67. The van der Waals surface area contributed by atoms with Gasteiger partial charge in [0.15, 0.2) is 0 Å². The van der Waals surface area contributed by atoms with Crippen LogP contribution < -0.4 is 4.90 Å². The second kappa shape index (κ2) is 7.14. The lowest BCUT2D eigenvalue weighted by Gasteiger charge is -2.32. The van der Waals surface area contributed by atoms with Crippen LogP contribution in [0, 0.1) is 12.8 Å². The van der Waals surface area contributed by atoms with E-state index in [1.165, 1.54) is 0 Å². The monoisotopic (exact) mass is 363 g/mol. The average molecular weight is 363 g/mol. The lowest BCUT2D eigenvalue weighted by molar-refractivity contribution is -0.132. The molecular formula is C22H25N3O2. The Morgan fingerprint density at radius 3 is 2.70 bits per heavy atom. The summed E-state index contributed by atoms with van der Waals surface area (Å²) in [6.45, 7) is 5.85. The molecule has 1 aromatic carbocycles. The van der Waals surface area contributed by atoms with E-state index in [1.807, 2.05) is 36.1 Å². The Morgan fingerprint density at radius 2 is 1.96 bits per heavy atom. The minimum absolute atomic E-state index is 0.0752. The molecular weight excluding hydrogens is 338 g/mol. The molecule has 0 N–H and O–H groups in total. The third kappa shape index (κ3) is 3.34. The minimum Gasteiger partial charge on any atom is -0.343 e. The number of likely N-dealkylation sites (tertiary alicyclic amines) is 1. The first kappa shape index (κ1) is 17.7. The number of hydrogen-bond acceptors (Lipinski definition) is 3. The van der Waals surface area contributed by atoms with Crippen LogP contribution >= 0.6 is 0 Å². The molecule has 1 atom stereocenters. The predicted octanol–water partition coefficient (Wildman–Crippen LogP) is 3.74. The Kier molecular flexibility index (Phi) is 4.68. The molecule has 3 heterocycles. The fourth-order valence-corrected chi connectivity index (χ4v) is 4.07. The normalized spacial score (nSPS) is 20.1. The lowest BCUT2D eigenvalue weighted by atomic mass is 9.98. The summed E-state index contributed by atoms with van der Waals surface area (Å²) >= 11 is 0. The quantitative estimate of drug-likeness (QED) is 0.835. The Hall–Kier alpha value is -2.69. The van der Waals surface area contributed by atoms with Gasteiger partial charge in [-0.2, -0.15) is 0 Å². The van der Waals surface area contributed by atoms with Gasteiger partial charge in [-0.25, -0.2) is 0 Å². The molecule has 5 heteroatoms. The summed E-state index contributed by atoms with van der Waals surface area (Å²) in [5, 5.41) is 0. The van der Waals surface area contributed by atoms with E-state index < -0.39 is 0 Å². The maximum atomic E-state index is 13.1. The van der Waals surface area contributed by atoms with Gasteiger partial charge in [0.1, 0.15) is 0 Å². The van der Waals surface area contributed by atoms with Gasteiger partial charge < -0.3 is 4.90 Å². The van der Waals surface area contributed by atoms with E-state index in [2.05, 4.69) is 11.9 Å². The molecule has 4 rings (SSSR count). The zero-order valence-electron chi connectivity index (χ0n) is 15.9. The molecule has 5 nitrogen and oxygen atoms in total. The van der Waals surface area contributed by atoms with Crippen LogP contribution in [0.3, 0.4) is 0 Å². The molecule has 0 aliphatic carbocycles. The van der Waals surface area contributed by atoms with Gasteiger partial charge in [-0.05, 0) is 55.5 Å². The van der Waals surface area contributed by atoms with Gasteiger partial charge in [-0.15, -0.1) is 0 Å². The highest BCUT2D eigenvalue weighted by Gasteiger charge is 2.40. The molecule has 1 unspecified atom stereocenters. The summed E-state index contributed by atoms with van der Waals surface area (Å²) < 4.78 is 0. The van der Waals surface area contributed by atoms with Crippen molar-refractivity contribution in [2.24, 2.45) is 5.92 Å².